The molecule has 12 heteroatoms. The number of aliphatic carboxylic acids is 1. The molecule has 1 amide bonds. The van der Waals surface area contributed by atoms with E-state index in [2.05, 4.69) is 15.6 Å². The van der Waals surface area contributed by atoms with Crippen molar-refractivity contribution in [3.05, 3.63) is 171 Å². The summed E-state index contributed by atoms with van der Waals surface area (Å²) in [5.74, 6) is -0.865. The Morgan fingerprint density at radius 3 is 2.31 bits per heavy atom. The lowest BCUT2D eigenvalue weighted by atomic mass is 9.86. The monoisotopic (exact) mass is 729 g/mol. The van der Waals surface area contributed by atoms with E-state index in [0.29, 0.717) is 34.6 Å². The van der Waals surface area contributed by atoms with Gasteiger partial charge in [0.15, 0.2) is 0 Å². The fraction of sp³-hybridized carbons (Fsp3) is 0.167. The molecular weight excluding hydrogens is 690 g/mol. The average Bonchev–Trinajstić information content (AvgIpc) is 3.19. The van der Waals surface area contributed by atoms with Crippen molar-refractivity contribution in [2.45, 2.75) is 31.4 Å². The van der Waals surface area contributed by atoms with Gasteiger partial charge in [0.1, 0.15) is 23.9 Å². The van der Waals surface area contributed by atoms with Gasteiger partial charge in [-0.1, -0.05) is 78.9 Å². The SMILES string of the molecule is COc1cc(C(=O)NCc2ccc(COc3cccc(C(O)(C(=O)O)c4ccccc4)c3)cc2)ccc1CNCC(O)c1ccc(O)c2[nH]c(=O)ccc12. The van der Waals surface area contributed by atoms with E-state index in [9.17, 15) is 34.8 Å². The van der Waals surface area contributed by atoms with E-state index in [0.717, 1.165) is 16.7 Å². The molecule has 1 aromatic heterocycles. The number of hydrogen-bond donors (Lipinski definition) is 7. The van der Waals surface area contributed by atoms with Crippen molar-refractivity contribution in [1.29, 1.82) is 0 Å². The Bertz CT molecular complexity index is 2330. The lowest BCUT2D eigenvalue weighted by Crippen LogP contribution is -2.36. The largest absolute Gasteiger partial charge is 0.506 e. The molecule has 276 valence electrons. The molecule has 0 spiro atoms. The van der Waals surface area contributed by atoms with E-state index in [-0.39, 0.29) is 53.6 Å². The first kappa shape index (κ1) is 37.3. The number of fused-ring (bicyclic) bond motifs is 1. The molecule has 2 unspecified atom stereocenters. The molecule has 0 saturated carbocycles. The van der Waals surface area contributed by atoms with Crippen LogP contribution in [0.3, 0.4) is 0 Å². The molecule has 2 atom stereocenters. The van der Waals surface area contributed by atoms with Crippen LogP contribution in [-0.2, 0) is 30.1 Å². The first-order chi connectivity index (χ1) is 26.1. The highest BCUT2D eigenvalue weighted by Crippen LogP contribution is 2.33. The minimum absolute atomic E-state index is 0.0826. The predicted molar refractivity (Wildman–Crippen MR) is 201 cm³/mol. The number of aliphatic hydroxyl groups is 2. The minimum Gasteiger partial charge on any atom is -0.506 e. The number of hydrogen-bond acceptors (Lipinski definition) is 9. The summed E-state index contributed by atoms with van der Waals surface area (Å²) in [5.41, 5.74) is 1.52. The van der Waals surface area contributed by atoms with Gasteiger partial charge in [-0.25, -0.2) is 4.79 Å². The van der Waals surface area contributed by atoms with Crippen LogP contribution in [-0.4, -0.2) is 50.9 Å². The molecule has 54 heavy (non-hydrogen) atoms. The van der Waals surface area contributed by atoms with Gasteiger partial charge in [0.05, 0.1) is 18.7 Å². The second-order valence-electron chi connectivity index (χ2n) is 12.7. The predicted octanol–water partition coefficient (Wildman–Crippen LogP) is 4.90. The summed E-state index contributed by atoms with van der Waals surface area (Å²) >= 11 is 0. The number of carboxylic acids is 1. The molecule has 12 nitrogen and oxygen atoms in total. The number of aliphatic hydroxyl groups excluding tert-OH is 1. The fourth-order valence-corrected chi connectivity index (χ4v) is 6.14. The minimum atomic E-state index is -2.24. The van der Waals surface area contributed by atoms with Crippen LogP contribution in [0.5, 0.6) is 17.2 Å². The molecule has 0 radical (unpaired) electrons. The first-order valence-corrected chi connectivity index (χ1v) is 17.1. The Hall–Kier alpha value is -6.47. The van der Waals surface area contributed by atoms with Crippen LogP contribution in [0.4, 0.5) is 0 Å². The van der Waals surface area contributed by atoms with Crippen LogP contribution >= 0.6 is 0 Å². The van der Waals surface area contributed by atoms with E-state index in [1.54, 1.807) is 78.9 Å². The summed E-state index contributed by atoms with van der Waals surface area (Å²) in [6.45, 7) is 0.990. The number of aromatic hydroxyl groups is 1. The zero-order valence-electron chi connectivity index (χ0n) is 29.3. The summed E-state index contributed by atoms with van der Waals surface area (Å²) in [7, 11) is 1.52. The van der Waals surface area contributed by atoms with Gasteiger partial charge >= 0.3 is 5.97 Å². The Labute approximate surface area is 310 Å². The van der Waals surface area contributed by atoms with Crippen LogP contribution in [0.25, 0.3) is 10.9 Å². The maximum absolute atomic E-state index is 13.0. The molecule has 0 saturated heterocycles. The number of pyridine rings is 1. The number of aromatic amines is 1. The maximum Gasteiger partial charge on any atom is 0.345 e. The zero-order chi connectivity index (χ0) is 38.2. The van der Waals surface area contributed by atoms with E-state index >= 15 is 0 Å². The number of phenolic OH excluding ortho intramolecular Hbond substituents is 1. The number of aromatic nitrogens is 1. The van der Waals surface area contributed by atoms with Crippen molar-refractivity contribution in [3.8, 4) is 17.2 Å². The van der Waals surface area contributed by atoms with Crippen molar-refractivity contribution in [3.63, 3.8) is 0 Å². The number of carbonyl (C=O) groups is 2. The van der Waals surface area contributed by atoms with Crippen LogP contribution in [0.15, 0.2) is 126 Å². The van der Waals surface area contributed by atoms with Crippen molar-refractivity contribution >= 4 is 22.8 Å². The third kappa shape index (κ3) is 8.26. The number of rotatable bonds is 15. The Balaban J connectivity index is 1.01. The molecule has 5 aromatic carbocycles. The molecule has 7 N–H and O–H groups in total. The lowest BCUT2D eigenvalue weighted by Gasteiger charge is -2.25. The van der Waals surface area contributed by atoms with Gasteiger partial charge in [-0.15, -0.1) is 0 Å². The second-order valence-corrected chi connectivity index (χ2v) is 12.7. The van der Waals surface area contributed by atoms with Crippen LogP contribution in [0.1, 0.15) is 49.8 Å². The average molecular weight is 730 g/mol. The topological polar surface area (TPSA) is 190 Å². The molecule has 0 bridgehead atoms. The zero-order valence-corrected chi connectivity index (χ0v) is 29.3. The summed E-state index contributed by atoms with van der Waals surface area (Å²) in [6.07, 6.45) is -0.928. The van der Waals surface area contributed by atoms with E-state index < -0.39 is 17.7 Å². The molecule has 6 aromatic rings. The highest BCUT2D eigenvalue weighted by Gasteiger charge is 2.40. The summed E-state index contributed by atoms with van der Waals surface area (Å²) in [5, 5.41) is 48.7. The Morgan fingerprint density at radius 2 is 1.57 bits per heavy atom. The molecular formula is C42H39N3O9. The summed E-state index contributed by atoms with van der Waals surface area (Å²) in [4.78, 5) is 39.5. The first-order valence-electron chi connectivity index (χ1n) is 17.1. The van der Waals surface area contributed by atoms with Gasteiger partial charge in [-0.2, -0.15) is 0 Å². The number of H-pyrrole nitrogens is 1. The van der Waals surface area contributed by atoms with Gasteiger partial charge in [0.2, 0.25) is 11.2 Å². The molecule has 1 heterocycles. The second kappa shape index (κ2) is 16.5. The number of amides is 1. The number of benzene rings is 5. The van der Waals surface area contributed by atoms with Gasteiger partial charge in [0.25, 0.3) is 5.91 Å². The third-order valence-corrected chi connectivity index (χ3v) is 9.10. The summed E-state index contributed by atoms with van der Waals surface area (Å²) in [6, 6.07) is 33.1. The van der Waals surface area contributed by atoms with Crippen molar-refractivity contribution in [1.82, 2.24) is 15.6 Å². The van der Waals surface area contributed by atoms with E-state index in [1.165, 1.54) is 25.3 Å². The van der Waals surface area contributed by atoms with Gasteiger partial charge in [0, 0.05) is 47.8 Å². The number of carboxylic acid groups (broad SMARTS) is 1. The fourth-order valence-electron chi connectivity index (χ4n) is 6.14. The number of methoxy groups -OCH3 is 1. The number of nitrogens with one attached hydrogen (secondary N) is 3. The molecule has 0 aliphatic heterocycles. The smallest absolute Gasteiger partial charge is 0.345 e. The number of phenols is 1. The molecule has 6 rings (SSSR count). The Morgan fingerprint density at radius 1 is 0.833 bits per heavy atom. The highest BCUT2D eigenvalue weighted by atomic mass is 16.5. The van der Waals surface area contributed by atoms with Crippen molar-refractivity contribution < 1.29 is 39.5 Å². The molecule has 0 aliphatic rings. The van der Waals surface area contributed by atoms with Gasteiger partial charge < -0.3 is 45.5 Å². The van der Waals surface area contributed by atoms with E-state index in [4.69, 9.17) is 9.47 Å². The van der Waals surface area contributed by atoms with Gasteiger partial charge in [-0.3, -0.25) is 9.59 Å². The normalized spacial score (nSPS) is 12.8. The van der Waals surface area contributed by atoms with Crippen molar-refractivity contribution in [2.24, 2.45) is 0 Å². The standard InChI is InChI=1S/C42H39N3O9/c1-53-37-20-28(14-15-29(37)23-43-24-36(47)33-16-18-35(46)39-34(33)17-19-38(48)45-39)40(49)44-22-26-10-12-27(13-11-26)25-54-32-9-5-8-31(21-32)42(52,41(50)51)30-6-3-2-4-7-30/h2-21,36,43,46-47,52H,22-25H2,1H3,(H,44,49)(H,45,48)(H,50,51). The highest BCUT2D eigenvalue weighted by molar-refractivity contribution is 5.94. The lowest BCUT2D eigenvalue weighted by molar-refractivity contribution is -0.155. The van der Waals surface area contributed by atoms with Crippen LogP contribution in [0.2, 0.25) is 0 Å². The summed E-state index contributed by atoms with van der Waals surface area (Å²) < 4.78 is 11.5. The van der Waals surface area contributed by atoms with E-state index in [1.807, 2.05) is 24.3 Å². The molecule has 0 aliphatic carbocycles. The number of ether oxygens (including phenoxy) is 2. The quantitative estimate of drug-likeness (QED) is 0.0766. The van der Waals surface area contributed by atoms with Gasteiger partial charge in [-0.05, 0) is 58.7 Å². The van der Waals surface area contributed by atoms with Crippen LogP contribution in [0, 0.1) is 0 Å². The van der Waals surface area contributed by atoms with Crippen LogP contribution < -0.4 is 25.7 Å². The maximum atomic E-state index is 13.0. The third-order valence-electron chi connectivity index (χ3n) is 9.10. The Kier molecular flexibility index (Phi) is 11.4. The number of carbonyl (C=O) groups excluding carboxylic acids is 1. The van der Waals surface area contributed by atoms with Crippen molar-refractivity contribution in [2.75, 3.05) is 13.7 Å². The molecule has 0 fully saturated rings.